The Balaban J connectivity index is 1.76. The van der Waals surface area contributed by atoms with Gasteiger partial charge in [-0.2, -0.15) is 0 Å². The first-order valence-corrected chi connectivity index (χ1v) is 7.46. The normalized spacial score (nSPS) is 25.7. The van der Waals surface area contributed by atoms with Crippen LogP contribution >= 0.6 is 0 Å². The van der Waals surface area contributed by atoms with Gasteiger partial charge in [-0.25, -0.2) is 4.39 Å². The molecule has 1 amide bonds. The molecule has 2 unspecified atom stereocenters. The Morgan fingerprint density at radius 1 is 1.25 bits per heavy atom. The molecule has 1 aromatic rings. The third kappa shape index (κ3) is 2.70. The largest absolute Gasteiger partial charge is 0.335 e. The first kappa shape index (κ1) is 13.6. The zero-order valence-electron chi connectivity index (χ0n) is 11.6. The summed E-state index contributed by atoms with van der Waals surface area (Å²) in [4.78, 5) is 14.5. The zero-order valence-corrected chi connectivity index (χ0v) is 11.6. The summed E-state index contributed by atoms with van der Waals surface area (Å²) >= 11 is 0. The Kier molecular flexibility index (Phi) is 3.74. The van der Waals surface area contributed by atoms with Gasteiger partial charge in [-0.05, 0) is 31.7 Å². The minimum Gasteiger partial charge on any atom is -0.335 e. The molecule has 4 heteroatoms. The topological polar surface area (TPSA) is 46.3 Å². The van der Waals surface area contributed by atoms with Gasteiger partial charge in [-0.15, -0.1) is 0 Å². The van der Waals surface area contributed by atoms with Gasteiger partial charge in [-0.3, -0.25) is 4.79 Å². The summed E-state index contributed by atoms with van der Waals surface area (Å²) in [6, 6.07) is 6.96. The lowest BCUT2D eigenvalue weighted by molar-refractivity contribution is -0.137. The van der Waals surface area contributed by atoms with E-state index in [2.05, 4.69) is 0 Å². The van der Waals surface area contributed by atoms with Crippen molar-refractivity contribution in [3.05, 3.63) is 35.6 Å². The number of nitrogens with two attached hydrogens (primary N) is 1. The quantitative estimate of drug-likeness (QED) is 0.918. The summed E-state index contributed by atoms with van der Waals surface area (Å²) in [5.41, 5.74) is 6.64. The van der Waals surface area contributed by atoms with Crippen LogP contribution < -0.4 is 5.73 Å². The van der Waals surface area contributed by atoms with Crippen molar-refractivity contribution in [2.24, 2.45) is 11.7 Å². The molecule has 2 aliphatic carbocycles. The van der Waals surface area contributed by atoms with Crippen LogP contribution in [0, 0.1) is 11.7 Å². The van der Waals surface area contributed by atoms with Gasteiger partial charge in [0.25, 0.3) is 0 Å². The van der Waals surface area contributed by atoms with Crippen LogP contribution in [0.2, 0.25) is 0 Å². The fraction of sp³-hybridized carbons (Fsp3) is 0.562. The molecule has 20 heavy (non-hydrogen) atoms. The molecule has 108 valence electrons. The van der Waals surface area contributed by atoms with E-state index in [1.807, 2.05) is 11.0 Å². The number of nitrogens with zero attached hydrogens (tertiary/aromatic N) is 1. The molecule has 1 aromatic carbocycles. The molecule has 0 spiro atoms. The molecule has 2 fully saturated rings. The molecule has 2 atom stereocenters. The third-order valence-corrected chi connectivity index (χ3v) is 4.46. The van der Waals surface area contributed by atoms with Gasteiger partial charge in [0, 0.05) is 24.2 Å². The maximum Gasteiger partial charge on any atom is 0.227 e. The Morgan fingerprint density at radius 3 is 2.60 bits per heavy atom. The van der Waals surface area contributed by atoms with E-state index in [-0.39, 0.29) is 29.7 Å². The Bertz CT molecular complexity index is 501. The van der Waals surface area contributed by atoms with Crippen molar-refractivity contribution in [3.8, 4) is 0 Å². The molecular weight excluding hydrogens is 255 g/mol. The second-order valence-corrected chi connectivity index (χ2v) is 5.99. The lowest BCUT2D eigenvalue weighted by Crippen LogP contribution is -2.42. The molecule has 2 N–H and O–H groups in total. The number of rotatable bonds is 4. The smallest absolute Gasteiger partial charge is 0.227 e. The SMILES string of the molecule is NC1CCCC1C(=O)N(Cc1ccccc1F)C1CC1. The standard InChI is InChI=1S/C16H21FN2O/c17-14-6-2-1-4-11(14)10-19(12-8-9-12)16(20)13-5-3-7-15(13)18/h1-2,4,6,12-13,15H,3,5,7-10,18H2. The monoisotopic (exact) mass is 276 g/mol. The highest BCUT2D eigenvalue weighted by molar-refractivity contribution is 5.80. The van der Waals surface area contributed by atoms with Crippen LogP contribution in [-0.2, 0) is 11.3 Å². The van der Waals surface area contributed by atoms with E-state index in [0.717, 1.165) is 32.1 Å². The minimum absolute atomic E-state index is 0.0237. The molecule has 0 bridgehead atoms. The number of carbonyl (C=O) groups is 1. The third-order valence-electron chi connectivity index (χ3n) is 4.46. The van der Waals surface area contributed by atoms with Crippen LogP contribution in [0.25, 0.3) is 0 Å². The van der Waals surface area contributed by atoms with Crippen LogP contribution in [0.5, 0.6) is 0 Å². The van der Waals surface area contributed by atoms with Crippen molar-refractivity contribution >= 4 is 5.91 Å². The molecule has 3 nitrogen and oxygen atoms in total. The number of halogens is 1. The molecule has 0 aromatic heterocycles. The molecule has 0 radical (unpaired) electrons. The molecule has 2 saturated carbocycles. The number of hydrogen-bond acceptors (Lipinski definition) is 2. The van der Waals surface area contributed by atoms with Crippen molar-refractivity contribution in [2.45, 2.75) is 50.7 Å². The number of amides is 1. The minimum atomic E-state index is -0.235. The summed E-state index contributed by atoms with van der Waals surface area (Å²) in [6.07, 6.45) is 4.88. The second-order valence-electron chi connectivity index (χ2n) is 5.99. The lowest BCUT2D eigenvalue weighted by atomic mass is 10.0. The summed E-state index contributed by atoms with van der Waals surface area (Å²) in [7, 11) is 0. The van der Waals surface area contributed by atoms with E-state index in [9.17, 15) is 9.18 Å². The highest BCUT2D eigenvalue weighted by Gasteiger charge is 2.39. The average molecular weight is 276 g/mol. The predicted octanol–water partition coefficient (Wildman–Crippen LogP) is 2.44. The fourth-order valence-electron chi connectivity index (χ4n) is 3.09. The summed E-state index contributed by atoms with van der Waals surface area (Å²) in [5, 5.41) is 0. The van der Waals surface area contributed by atoms with Gasteiger partial charge in [0.05, 0.1) is 5.92 Å². The van der Waals surface area contributed by atoms with Gasteiger partial charge >= 0.3 is 0 Å². The fourth-order valence-corrected chi connectivity index (χ4v) is 3.09. The van der Waals surface area contributed by atoms with E-state index in [4.69, 9.17) is 5.73 Å². The van der Waals surface area contributed by atoms with Crippen LogP contribution in [0.4, 0.5) is 4.39 Å². The van der Waals surface area contributed by atoms with Gasteiger partial charge < -0.3 is 10.6 Å². The zero-order chi connectivity index (χ0) is 14.1. The van der Waals surface area contributed by atoms with Crippen molar-refractivity contribution in [1.29, 1.82) is 0 Å². The highest BCUT2D eigenvalue weighted by atomic mass is 19.1. The lowest BCUT2D eigenvalue weighted by Gasteiger charge is -2.27. The van der Waals surface area contributed by atoms with E-state index in [1.165, 1.54) is 6.07 Å². The average Bonchev–Trinajstić information content (AvgIpc) is 3.19. The molecule has 0 saturated heterocycles. The first-order valence-electron chi connectivity index (χ1n) is 7.46. The van der Waals surface area contributed by atoms with Crippen molar-refractivity contribution in [3.63, 3.8) is 0 Å². The number of hydrogen-bond donors (Lipinski definition) is 1. The summed E-state index contributed by atoms with van der Waals surface area (Å²) < 4.78 is 13.8. The van der Waals surface area contributed by atoms with Gasteiger partial charge in [0.15, 0.2) is 0 Å². The summed E-state index contributed by atoms with van der Waals surface area (Å²) in [5.74, 6) is -0.176. The Hall–Kier alpha value is -1.42. The van der Waals surface area contributed by atoms with Crippen molar-refractivity contribution in [1.82, 2.24) is 4.90 Å². The van der Waals surface area contributed by atoms with Crippen LogP contribution in [0.15, 0.2) is 24.3 Å². The molecule has 0 heterocycles. The molecule has 3 rings (SSSR count). The van der Waals surface area contributed by atoms with Crippen LogP contribution in [-0.4, -0.2) is 22.9 Å². The van der Waals surface area contributed by atoms with E-state index < -0.39 is 0 Å². The van der Waals surface area contributed by atoms with Gasteiger partial charge in [0.1, 0.15) is 5.82 Å². The maximum atomic E-state index is 13.8. The van der Waals surface area contributed by atoms with E-state index >= 15 is 0 Å². The van der Waals surface area contributed by atoms with Crippen LogP contribution in [0.3, 0.4) is 0 Å². The number of benzene rings is 1. The Labute approximate surface area is 118 Å². The first-order chi connectivity index (χ1) is 9.66. The number of carbonyl (C=O) groups excluding carboxylic acids is 1. The van der Waals surface area contributed by atoms with Crippen LogP contribution in [0.1, 0.15) is 37.7 Å². The molecule has 2 aliphatic rings. The van der Waals surface area contributed by atoms with Gasteiger partial charge in [-0.1, -0.05) is 24.6 Å². The van der Waals surface area contributed by atoms with Gasteiger partial charge in [0.2, 0.25) is 5.91 Å². The predicted molar refractivity (Wildman–Crippen MR) is 75.3 cm³/mol. The van der Waals surface area contributed by atoms with Crippen molar-refractivity contribution in [2.75, 3.05) is 0 Å². The molecular formula is C16H21FN2O. The van der Waals surface area contributed by atoms with E-state index in [1.54, 1.807) is 12.1 Å². The second kappa shape index (κ2) is 5.52. The highest BCUT2D eigenvalue weighted by Crippen LogP contribution is 2.33. The Morgan fingerprint density at radius 2 is 2.00 bits per heavy atom. The maximum absolute atomic E-state index is 13.8. The van der Waals surface area contributed by atoms with Crippen molar-refractivity contribution < 1.29 is 9.18 Å². The van der Waals surface area contributed by atoms with E-state index in [0.29, 0.717) is 12.1 Å². The summed E-state index contributed by atoms with van der Waals surface area (Å²) in [6.45, 7) is 0.374. The molecule has 0 aliphatic heterocycles.